The number of aromatic nitrogens is 1. The van der Waals surface area contributed by atoms with Crippen LogP contribution in [0.1, 0.15) is 16.1 Å². The molecule has 0 aliphatic heterocycles. The Morgan fingerprint density at radius 3 is 2.92 bits per heavy atom. The summed E-state index contributed by atoms with van der Waals surface area (Å²) in [6.07, 6.45) is 0.632. The number of hydrogen-bond donors (Lipinski definition) is 0. The van der Waals surface area contributed by atoms with Crippen LogP contribution < -0.4 is 4.74 Å². The average Bonchev–Trinajstić information content (AvgIpc) is 2.16. The lowest BCUT2D eigenvalue weighted by atomic mass is 10.2. The summed E-state index contributed by atoms with van der Waals surface area (Å²) in [5.41, 5.74) is 0.578. The van der Waals surface area contributed by atoms with Gasteiger partial charge in [0.15, 0.2) is 6.29 Å². The molecule has 60 valence electrons. The molecule has 0 N–H and O–H groups in total. The Hall–Kier alpha value is -1.89. The standard InChI is InChI=1S/C8H6N2O2/c1-12-8-6(5-11)2-3-7(4-9)10-8/h2-3,5H,1H3. The Balaban J connectivity index is 3.21. The maximum atomic E-state index is 10.4. The second-order valence-electron chi connectivity index (χ2n) is 2.02. The van der Waals surface area contributed by atoms with Gasteiger partial charge in [0.1, 0.15) is 11.8 Å². The number of aldehydes is 1. The van der Waals surface area contributed by atoms with Crippen molar-refractivity contribution in [3.05, 3.63) is 23.4 Å². The van der Waals surface area contributed by atoms with Gasteiger partial charge in [-0.3, -0.25) is 4.79 Å². The molecule has 4 heteroatoms. The molecule has 0 aromatic carbocycles. The van der Waals surface area contributed by atoms with Crippen LogP contribution in [-0.4, -0.2) is 18.4 Å². The van der Waals surface area contributed by atoms with Crippen LogP contribution >= 0.6 is 0 Å². The molecular weight excluding hydrogens is 156 g/mol. The minimum absolute atomic E-state index is 0.184. The molecule has 0 fully saturated rings. The van der Waals surface area contributed by atoms with E-state index in [4.69, 9.17) is 10.00 Å². The highest BCUT2D eigenvalue weighted by Crippen LogP contribution is 2.12. The molecule has 0 aliphatic carbocycles. The van der Waals surface area contributed by atoms with E-state index in [1.807, 2.05) is 6.07 Å². The number of carbonyl (C=O) groups excluding carboxylic acids is 1. The van der Waals surface area contributed by atoms with Gasteiger partial charge in [-0.1, -0.05) is 0 Å². The van der Waals surface area contributed by atoms with Crippen LogP contribution in [0, 0.1) is 11.3 Å². The van der Waals surface area contributed by atoms with Gasteiger partial charge >= 0.3 is 0 Å². The number of carbonyl (C=O) groups is 1. The van der Waals surface area contributed by atoms with E-state index >= 15 is 0 Å². The Morgan fingerprint density at radius 2 is 2.42 bits per heavy atom. The molecule has 0 atom stereocenters. The van der Waals surface area contributed by atoms with E-state index in [1.54, 1.807) is 0 Å². The fourth-order valence-corrected chi connectivity index (χ4v) is 0.767. The second kappa shape index (κ2) is 3.49. The van der Waals surface area contributed by atoms with E-state index in [-0.39, 0.29) is 11.6 Å². The zero-order valence-corrected chi connectivity index (χ0v) is 6.44. The summed E-state index contributed by atoms with van der Waals surface area (Å²) < 4.78 is 4.79. The third-order valence-electron chi connectivity index (χ3n) is 1.32. The minimum atomic E-state index is 0.184. The molecule has 1 heterocycles. The fraction of sp³-hybridized carbons (Fsp3) is 0.125. The minimum Gasteiger partial charge on any atom is -0.480 e. The van der Waals surface area contributed by atoms with Gasteiger partial charge in [0.25, 0.3) is 0 Å². The second-order valence-corrected chi connectivity index (χ2v) is 2.02. The number of pyridine rings is 1. The number of hydrogen-bond acceptors (Lipinski definition) is 4. The van der Waals surface area contributed by atoms with Gasteiger partial charge in [0.2, 0.25) is 5.88 Å². The molecule has 0 spiro atoms. The van der Waals surface area contributed by atoms with Crippen LogP contribution in [0.3, 0.4) is 0 Å². The van der Waals surface area contributed by atoms with E-state index in [0.29, 0.717) is 11.8 Å². The molecule has 0 amide bonds. The maximum Gasteiger partial charge on any atom is 0.225 e. The molecule has 0 saturated carbocycles. The smallest absolute Gasteiger partial charge is 0.225 e. The topological polar surface area (TPSA) is 63.0 Å². The normalized spacial score (nSPS) is 8.67. The number of nitriles is 1. The van der Waals surface area contributed by atoms with Gasteiger partial charge in [0, 0.05) is 0 Å². The third kappa shape index (κ3) is 1.40. The highest BCUT2D eigenvalue weighted by molar-refractivity contribution is 5.78. The van der Waals surface area contributed by atoms with Crippen molar-refractivity contribution in [3.63, 3.8) is 0 Å². The van der Waals surface area contributed by atoms with Crippen LogP contribution in [0.2, 0.25) is 0 Å². The quantitative estimate of drug-likeness (QED) is 0.602. The van der Waals surface area contributed by atoms with Crippen LogP contribution in [0.5, 0.6) is 5.88 Å². The van der Waals surface area contributed by atoms with Crippen LogP contribution in [0.4, 0.5) is 0 Å². The van der Waals surface area contributed by atoms with Crippen LogP contribution in [0.15, 0.2) is 12.1 Å². The summed E-state index contributed by atoms with van der Waals surface area (Å²) in [7, 11) is 1.40. The van der Waals surface area contributed by atoms with Crippen molar-refractivity contribution in [1.82, 2.24) is 4.98 Å². The first-order chi connectivity index (χ1) is 5.81. The number of ether oxygens (including phenoxy) is 1. The molecule has 4 nitrogen and oxygen atoms in total. The van der Waals surface area contributed by atoms with E-state index < -0.39 is 0 Å². The summed E-state index contributed by atoms with van der Waals surface area (Å²) >= 11 is 0. The summed E-state index contributed by atoms with van der Waals surface area (Å²) in [5, 5.41) is 8.46. The Morgan fingerprint density at radius 1 is 1.67 bits per heavy atom. The van der Waals surface area contributed by atoms with Crippen LogP contribution in [0.25, 0.3) is 0 Å². The maximum absolute atomic E-state index is 10.4. The van der Waals surface area contributed by atoms with Crippen molar-refractivity contribution in [1.29, 1.82) is 5.26 Å². The highest BCUT2D eigenvalue weighted by atomic mass is 16.5. The van der Waals surface area contributed by atoms with Crippen molar-refractivity contribution in [2.75, 3.05) is 7.11 Å². The molecule has 1 aromatic rings. The zero-order chi connectivity index (χ0) is 8.97. The first kappa shape index (κ1) is 8.21. The third-order valence-corrected chi connectivity index (χ3v) is 1.32. The predicted octanol–water partition coefficient (Wildman–Crippen LogP) is 0.774. The Labute approximate surface area is 69.4 Å². The first-order valence-electron chi connectivity index (χ1n) is 3.22. The summed E-state index contributed by atoms with van der Waals surface area (Å²) in [5.74, 6) is 0.184. The molecule has 0 aliphatic rings. The molecule has 1 rings (SSSR count). The van der Waals surface area contributed by atoms with E-state index in [2.05, 4.69) is 4.98 Å². The van der Waals surface area contributed by atoms with Gasteiger partial charge < -0.3 is 4.74 Å². The lowest BCUT2D eigenvalue weighted by molar-refractivity contribution is 0.112. The average molecular weight is 162 g/mol. The predicted molar refractivity (Wildman–Crippen MR) is 40.9 cm³/mol. The molecule has 0 bridgehead atoms. The molecule has 1 aromatic heterocycles. The van der Waals surface area contributed by atoms with Gasteiger partial charge in [-0.05, 0) is 12.1 Å². The van der Waals surface area contributed by atoms with Crippen molar-refractivity contribution >= 4 is 6.29 Å². The van der Waals surface area contributed by atoms with Gasteiger partial charge in [-0.25, -0.2) is 4.98 Å². The number of nitrogens with zero attached hydrogens (tertiary/aromatic N) is 2. The van der Waals surface area contributed by atoms with Gasteiger partial charge in [-0.2, -0.15) is 5.26 Å². The SMILES string of the molecule is COc1nc(C#N)ccc1C=O. The highest BCUT2D eigenvalue weighted by Gasteiger charge is 2.03. The largest absolute Gasteiger partial charge is 0.480 e. The summed E-state index contributed by atoms with van der Waals surface area (Å²) in [4.78, 5) is 14.1. The van der Waals surface area contributed by atoms with E-state index in [1.165, 1.54) is 19.2 Å². The Kier molecular flexibility index (Phi) is 2.38. The molecular formula is C8H6N2O2. The van der Waals surface area contributed by atoms with E-state index in [0.717, 1.165) is 0 Å². The van der Waals surface area contributed by atoms with Crippen molar-refractivity contribution in [2.24, 2.45) is 0 Å². The van der Waals surface area contributed by atoms with Crippen LogP contribution in [-0.2, 0) is 0 Å². The van der Waals surface area contributed by atoms with Gasteiger partial charge in [-0.15, -0.1) is 0 Å². The molecule has 0 radical (unpaired) electrons. The first-order valence-corrected chi connectivity index (χ1v) is 3.22. The number of methoxy groups -OCH3 is 1. The van der Waals surface area contributed by atoms with Gasteiger partial charge in [0.05, 0.1) is 12.7 Å². The molecule has 12 heavy (non-hydrogen) atoms. The lowest BCUT2D eigenvalue weighted by Gasteiger charge is -2.00. The molecule has 0 saturated heterocycles. The summed E-state index contributed by atoms with van der Waals surface area (Å²) in [6, 6.07) is 4.81. The van der Waals surface area contributed by atoms with Crippen molar-refractivity contribution in [3.8, 4) is 11.9 Å². The van der Waals surface area contributed by atoms with Crippen molar-refractivity contribution < 1.29 is 9.53 Å². The van der Waals surface area contributed by atoms with E-state index in [9.17, 15) is 4.79 Å². The lowest BCUT2D eigenvalue weighted by Crippen LogP contribution is -1.95. The monoisotopic (exact) mass is 162 g/mol. The summed E-state index contributed by atoms with van der Waals surface area (Å²) in [6.45, 7) is 0. The fourth-order valence-electron chi connectivity index (χ4n) is 0.767. The zero-order valence-electron chi connectivity index (χ0n) is 6.44. The Bertz CT molecular complexity index is 341. The van der Waals surface area contributed by atoms with Crippen molar-refractivity contribution in [2.45, 2.75) is 0 Å². The number of rotatable bonds is 2. The molecule has 0 unspecified atom stereocenters.